The van der Waals surface area contributed by atoms with Gasteiger partial charge >= 0.3 is 0 Å². The zero-order valence-electron chi connectivity index (χ0n) is 8.32. The maximum Gasteiger partial charge on any atom is 0.224 e. The largest absolute Gasteiger partial charge is 0.383 e. The lowest BCUT2D eigenvalue weighted by molar-refractivity contribution is -0.120. The second-order valence-electron chi connectivity index (χ2n) is 3.01. The van der Waals surface area contributed by atoms with E-state index in [4.69, 9.17) is 4.74 Å². The predicted molar refractivity (Wildman–Crippen MR) is 55.0 cm³/mol. The fourth-order valence-corrected chi connectivity index (χ4v) is 1.14. The van der Waals surface area contributed by atoms with Crippen LogP contribution in [0.5, 0.6) is 0 Å². The second kappa shape index (κ2) is 6.16. The SMILES string of the molecule is COCCNC(=O)Cc1ccccc1. The molecule has 0 fully saturated rings. The van der Waals surface area contributed by atoms with Crippen LogP contribution in [-0.4, -0.2) is 26.2 Å². The Kier molecular flexibility index (Phi) is 4.72. The van der Waals surface area contributed by atoms with Crippen molar-refractivity contribution in [1.29, 1.82) is 0 Å². The van der Waals surface area contributed by atoms with Gasteiger partial charge in [0.1, 0.15) is 0 Å². The van der Waals surface area contributed by atoms with E-state index in [1.165, 1.54) is 0 Å². The van der Waals surface area contributed by atoms with Gasteiger partial charge in [0, 0.05) is 13.7 Å². The van der Waals surface area contributed by atoms with E-state index in [2.05, 4.69) is 5.32 Å². The molecule has 1 rings (SSSR count). The van der Waals surface area contributed by atoms with Gasteiger partial charge in [0.05, 0.1) is 13.0 Å². The number of hydrogen-bond acceptors (Lipinski definition) is 2. The van der Waals surface area contributed by atoms with Crippen LogP contribution >= 0.6 is 0 Å². The molecule has 1 N–H and O–H groups in total. The average Bonchev–Trinajstić information content (AvgIpc) is 2.20. The number of methoxy groups -OCH3 is 1. The average molecular weight is 193 g/mol. The Bertz CT molecular complexity index is 272. The summed E-state index contributed by atoms with van der Waals surface area (Å²) in [7, 11) is 1.61. The summed E-state index contributed by atoms with van der Waals surface area (Å²) in [4.78, 5) is 11.3. The van der Waals surface area contributed by atoms with Crippen molar-refractivity contribution in [2.75, 3.05) is 20.3 Å². The van der Waals surface area contributed by atoms with Crippen molar-refractivity contribution in [3.8, 4) is 0 Å². The Morgan fingerprint density at radius 2 is 2.07 bits per heavy atom. The number of carbonyl (C=O) groups excluding carboxylic acids is 1. The quantitative estimate of drug-likeness (QED) is 0.708. The molecule has 0 saturated heterocycles. The molecule has 1 aromatic carbocycles. The first kappa shape index (κ1) is 10.7. The third-order valence-corrected chi connectivity index (χ3v) is 1.84. The van der Waals surface area contributed by atoms with Crippen LogP contribution in [0.1, 0.15) is 5.56 Å². The standard InChI is InChI=1S/C11H15NO2/c1-14-8-7-12-11(13)9-10-5-3-2-4-6-10/h2-6H,7-9H2,1H3,(H,12,13). The Hall–Kier alpha value is -1.35. The van der Waals surface area contributed by atoms with Gasteiger partial charge in [-0.25, -0.2) is 0 Å². The van der Waals surface area contributed by atoms with E-state index >= 15 is 0 Å². The fraction of sp³-hybridized carbons (Fsp3) is 0.364. The summed E-state index contributed by atoms with van der Waals surface area (Å²) in [5.41, 5.74) is 1.03. The van der Waals surface area contributed by atoms with Gasteiger partial charge in [-0.2, -0.15) is 0 Å². The van der Waals surface area contributed by atoms with Crippen LogP contribution in [0, 0.1) is 0 Å². The van der Waals surface area contributed by atoms with Crippen LogP contribution in [0.2, 0.25) is 0 Å². The number of amides is 1. The van der Waals surface area contributed by atoms with Crippen molar-refractivity contribution in [2.45, 2.75) is 6.42 Å². The summed E-state index contributed by atoms with van der Waals surface area (Å²) in [6.07, 6.45) is 0.435. The molecule has 1 aromatic rings. The molecule has 3 heteroatoms. The lowest BCUT2D eigenvalue weighted by Crippen LogP contribution is -2.28. The first-order valence-corrected chi connectivity index (χ1v) is 4.62. The van der Waals surface area contributed by atoms with Crippen molar-refractivity contribution < 1.29 is 9.53 Å². The highest BCUT2D eigenvalue weighted by Crippen LogP contribution is 1.98. The molecule has 0 aromatic heterocycles. The van der Waals surface area contributed by atoms with Gasteiger partial charge in [0.15, 0.2) is 0 Å². The normalized spacial score (nSPS) is 9.79. The van der Waals surface area contributed by atoms with E-state index in [9.17, 15) is 4.79 Å². The molecule has 0 aliphatic rings. The Balaban J connectivity index is 2.27. The van der Waals surface area contributed by atoms with Gasteiger partial charge in [-0.05, 0) is 5.56 Å². The van der Waals surface area contributed by atoms with Crippen LogP contribution in [0.3, 0.4) is 0 Å². The summed E-state index contributed by atoms with van der Waals surface area (Å²) >= 11 is 0. The van der Waals surface area contributed by atoms with Gasteiger partial charge in [-0.15, -0.1) is 0 Å². The van der Waals surface area contributed by atoms with Gasteiger partial charge in [-0.1, -0.05) is 30.3 Å². The molecule has 0 heterocycles. The number of benzene rings is 1. The van der Waals surface area contributed by atoms with Crippen molar-refractivity contribution >= 4 is 5.91 Å². The van der Waals surface area contributed by atoms with E-state index in [0.717, 1.165) is 5.56 Å². The zero-order valence-corrected chi connectivity index (χ0v) is 8.32. The summed E-state index contributed by atoms with van der Waals surface area (Å²) in [5, 5.41) is 2.77. The summed E-state index contributed by atoms with van der Waals surface area (Å²) in [6, 6.07) is 9.67. The molecule has 1 amide bonds. The third kappa shape index (κ3) is 4.05. The van der Waals surface area contributed by atoms with Crippen molar-refractivity contribution in [3.63, 3.8) is 0 Å². The van der Waals surface area contributed by atoms with Crippen LogP contribution in [-0.2, 0) is 16.0 Å². The maximum atomic E-state index is 11.3. The maximum absolute atomic E-state index is 11.3. The Morgan fingerprint density at radius 3 is 2.71 bits per heavy atom. The van der Waals surface area contributed by atoms with Crippen LogP contribution in [0.4, 0.5) is 0 Å². The van der Waals surface area contributed by atoms with Gasteiger partial charge in [0.2, 0.25) is 5.91 Å². The minimum atomic E-state index is 0.0354. The molecule has 76 valence electrons. The Morgan fingerprint density at radius 1 is 1.36 bits per heavy atom. The van der Waals surface area contributed by atoms with E-state index < -0.39 is 0 Å². The molecule has 0 spiro atoms. The van der Waals surface area contributed by atoms with Gasteiger partial charge < -0.3 is 10.1 Å². The van der Waals surface area contributed by atoms with E-state index in [-0.39, 0.29) is 5.91 Å². The highest BCUT2D eigenvalue weighted by molar-refractivity contribution is 5.78. The molecule has 14 heavy (non-hydrogen) atoms. The molecule has 0 atom stereocenters. The number of ether oxygens (including phenoxy) is 1. The molecular formula is C11H15NO2. The smallest absolute Gasteiger partial charge is 0.224 e. The van der Waals surface area contributed by atoms with Crippen molar-refractivity contribution in [2.24, 2.45) is 0 Å². The number of hydrogen-bond donors (Lipinski definition) is 1. The molecule has 0 aliphatic carbocycles. The minimum Gasteiger partial charge on any atom is -0.383 e. The van der Waals surface area contributed by atoms with Crippen molar-refractivity contribution in [3.05, 3.63) is 35.9 Å². The Labute approximate surface area is 84.1 Å². The van der Waals surface area contributed by atoms with Gasteiger partial charge in [-0.3, -0.25) is 4.79 Å². The number of nitrogens with one attached hydrogen (secondary N) is 1. The number of carbonyl (C=O) groups is 1. The summed E-state index contributed by atoms with van der Waals surface area (Å²) < 4.78 is 4.83. The zero-order chi connectivity index (χ0) is 10.2. The van der Waals surface area contributed by atoms with E-state index in [0.29, 0.717) is 19.6 Å². The molecular weight excluding hydrogens is 178 g/mol. The summed E-state index contributed by atoms with van der Waals surface area (Å²) in [5.74, 6) is 0.0354. The summed E-state index contributed by atoms with van der Waals surface area (Å²) in [6.45, 7) is 1.13. The molecule has 0 unspecified atom stereocenters. The van der Waals surface area contributed by atoms with Crippen LogP contribution < -0.4 is 5.32 Å². The second-order valence-corrected chi connectivity index (χ2v) is 3.01. The molecule has 3 nitrogen and oxygen atoms in total. The van der Waals surface area contributed by atoms with Gasteiger partial charge in [0.25, 0.3) is 0 Å². The first-order valence-electron chi connectivity index (χ1n) is 4.62. The highest BCUT2D eigenvalue weighted by Gasteiger charge is 2.00. The molecule has 0 saturated carbocycles. The van der Waals surface area contributed by atoms with Crippen molar-refractivity contribution in [1.82, 2.24) is 5.32 Å². The lowest BCUT2D eigenvalue weighted by Gasteiger charge is -2.03. The predicted octanol–water partition coefficient (Wildman–Crippen LogP) is 0.992. The third-order valence-electron chi connectivity index (χ3n) is 1.84. The number of rotatable bonds is 5. The topological polar surface area (TPSA) is 38.3 Å². The molecule has 0 bridgehead atoms. The highest BCUT2D eigenvalue weighted by atomic mass is 16.5. The van der Waals surface area contributed by atoms with E-state index in [1.807, 2.05) is 30.3 Å². The lowest BCUT2D eigenvalue weighted by atomic mass is 10.1. The van der Waals surface area contributed by atoms with Crippen LogP contribution in [0.25, 0.3) is 0 Å². The van der Waals surface area contributed by atoms with E-state index in [1.54, 1.807) is 7.11 Å². The molecule has 0 radical (unpaired) electrons. The van der Waals surface area contributed by atoms with Crippen LogP contribution in [0.15, 0.2) is 30.3 Å². The minimum absolute atomic E-state index is 0.0354. The fourth-order valence-electron chi connectivity index (χ4n) is 1.14. The molecule has 0 aliphatic heterocycles. The monoisotopic (exact) mass is 193 g/mol. The first-order chi connectivity index (χ1) is 6.83.